The molecule has 17 rings (SSSR count). The minimum atomic E-state index is -0.785. The van der Waals surface area contributed by atoms with Gasteiger partial charge in [0.25, 0.3) is 21.7 Å². The van der Waals surface area contributed by atoms with Gasteiger partial charge in [0.05, 0.1) is 36.3 Å². The fraction of sp³-hybridized carbons (Fsp3) is 0.527. The standard InChI is InChI=1S/C28H33N3O4S.C25H27N3O4S.C21H27N3OS/c1-17(2)34-27-24(25(32)26(27)33)31-13-10-22-23(16-31)36-28(29-22)18-6-8-20(9-7-18)35-21-14-19(15-21)30-11-4-3-5-12-30;29-22-21(23(30)24(22)31)28-11-8-19-20(14-28)33-25(26-19)15-4-6-17(7-5-15)32-18-12-16(13-18)27-9-2-1-3-10-27;1-2-10-24(11-3-1)16-12-18(13-16)25-17-6-4-15(5-7-17)21-23-19-8-9-22-14-20(19)26-21/h6-9,17,19,21H,3-5,10-16H2,1-2H3;4-7,16,18,29H,1-3,8-14H2;4-7,16,18,22H,1-3,8-14H2. The Hall–Kier alpha value is -6.85. The third-order valence-electron chi connectivity index (χ3n) is 20.9. The van der Waals surface area contributed by atoms with Gasteiger partial charge in [-0.1, -0.05) is 19.3 Å². The SMILES string of the molecule is CC(C)Oc1c(N2CCc3nc(-c4ccc(OC5CC(N6CCCCC6)C5)cc4)sc3C2)c(=O)c1=O.O=c1c(O)c(N2CCc3nc(-c4ccc(OC5CC(N6CCCCC6)C5)cc4)sc3C2)c1=O.c1cc(-c2nc3c(s2)CNCC3)ccc1OC1CC(N2CCCCC2)C1. The van der Waals surface area contributed by atoms with Crippen LogP contribution in [0.1, 0.15) is 142 Å². The summed E-state index contributed by atoms with van der Waals surface area (Å²) in [5, 5.41) is 16.2. The van der Waals surface area contributed by atoms with Gasteiger partial charge in [-0.2, -0.15) is 0 Å². The maximum absolute atomic E-state index is 12.3. The van der Waals surface area contributed by atoms with E-state index in [2.05, 4.69) is 80.7 Å². The van der Waals surface area contributed by atoms with Crippen molar-refractivity contribution in [2.45, 2.75) is 192 Å². The third kappa shape index (κ3) is 14.0. The van der Waals surface area contributed by atoms with Gasteiger partial charge in [-0.25, -0.2) is 15.0 Å². The number of nitrogens with one attached hydrogen (secondary N) is 1. The Kier molecular flexibility index (Phi) is 19.1. The van der Waals surface area contributed by atoms with Crippen molar-refractivity contribution >= 4 is 45.4 Å². The van der Waals surface area contributed by atoms with E-state index < -0.39 is 27.5 Å². The van der Waals surface area contributed by atoms with E-state index in [-0.39, 0.29) is 17.5 Å². The predicted octanol–water partition coefficient (Wildman–Crippen LogP) is 11.1. The molecule has 5 aromatic carbocycles. The van der Waals surface area contributed by atoms with Gasteiger partial charge in [-0.15, -0.1) is 34.0 Å². The molecule has 3 aromatic heterocycles. The molecule has 9 heterocycles. The first-order valence-electron chi connectivity index (χ1n) is 35.1. The first kappa shape index (κ1) is 64.2. The summed E-state index contributed by atoms with van der Waals surface area (Å²) in [6.45, 7) is 15.6. The van der Waals surface area contributed by atoms with Crippen LogP contribution in [-0.4, -0.2) is 136 Å². The molecule has 3 saturated heterocycles. The fourth-order valence-corrected chi connectivity index (χ4v) is 18.5. The molecule has 0 radical (unpaired) electrons. The summed E-state index contributed by atoms with van der Waals surface area (Å²) in [6, 6.07) is 27.1. The van der Waals surface area contributed by atoms with Gasteiger partial charge in [0.1, 0.15) is 62.0 Å². The van der Waals surface area contributed by atoms with E-state index >= 15 is 0 Å². The molecule has 500 valence electrons. The average Bonchev–Trinajstić information content (AvgIpc) is 1.68. The molecule has 3 saturated carbocycles. The number of nitrogens with zero attached hydrogens (tertiary/aromatic N) is 8. The van der Waals surface area contributed by atoms with E-state index in [0.717, 1.165) is 122 Å². The monoisotopic (exact) mass is 1340 g/mol. The molecule has 0 atom stereocenters. The van der Waals surface area contributed by atoms with Crippen molar-refractivity contribution in [2.75, 3.05) is 68.7 Å². The van der Waals surface area contributed by atoms with Crippen molar-refractivity contribution in [1.82, 2.24) is 35.0 Å². The lowest BCUT2D eigenvalue weighted by molar-refractivity contribution is 0.00878. The number of aromatic nitrogens is 3. The molecule has 18 nitrogen and oxygen atoms in total. The van der Waals surface area contributed by atoms with Crippen LogP contribution < -0.4 is 55.8 Å². The number of rotatable bonds is 16. The van der Waals surface area contributed by atoms with E-state index in [9.17, 15) is 24.3 Å². The summed E-state index contributed by atoms with van der Waals surface area (Å²) in [5.41, 5.74) is 4.96. The number of piperidine rings is 3. The summed E-state index contributed by atoms with van der Waals surface area (Å²) in [5.74, 6) is 2.64. The van der Waals surface area contributed by atoms with Gasteiger partial charge in [0.2, 0.25) is 0 Å². The van der Waals surface area contributed by atoms with E-state index in [1.54, 1.807) is 27.6 Å². The zero-order valence-corrected chi connectivity index (χ0v) is 57.1. The number of benzene rings is 3. The minimum absolute atomic E-state index is 0.144. The number of hydrogen-bond donors (Lipinski definition) is 2. The van der Waals surface area contributed by atoms with Crippen LogP contribution >= 0.6 is 34.0 Å². The molecule has 8 aromatic rings. The number of likely N-dealkylation sites (tertiary alicyclic amines) is 3. The largest absolute Gasteiger partial charge is 0.502 e. The fourth-order valence-electron chi connectivity index (χ4n) is 15.2. The summed E-state index contributed by atoms with van der Waals surface area (Å²) in [4.78, 5) is 77.3. The Morgan fingerprint density at radius 3 is 1.20 bits per heavy atom. The second-order valence-corrected chi connectivity index (χ2v) is 31.0. The predicted molar refractivity (Wildman–Crippen MR) is 376 cm³/mol. The minimum Gasteiger partial charge on any atom is -0.502 e. The van der Waals surface area contributed by atoms with Crippen molar-refractivity contribution in [3.05, 3.63) is 145 Å². The Morgan fingerprint density at radius 2 is 0.821 bits per heavy atom. The van der Waals surface area contributed by atoms with Crippen LogP contribution in [0, 0.1) is 0 Å². The first-order valence-corrected chi connectivity index (χ1v) is 37.5. The number of aromatic hydroxyl groups is 1. The normalized spacial score (nSPS) is 23.8. The number of thiazole rings is 3. The van der Waals surface area contributed by atoms with Crippen LogP contribution in [-0.2, 0) is 38.9 Å². The summed E-state index contributed by atoms with van der Waals surface area (Å²) in [7, 11) is 0. The van der Waals surface area contributed by atoms with Crippen LogP contribution in [0.2, 0.25) is 0 Å². The van der Waals surface area contributed by atoms with Crippen molar-refractivity contribution < 1.29 is 24.1 Å². The highest BCUT2D eigenvalue weighted by Gasteiger charge is 2.39. The number of fused-ring (bicyclic) bond motifs is 3. The molecule has 9 aliphatic rings. The molecule has 6 fully saturated rings. The van der Waals surface area contributed by atoms with E-state index in [1.807, 2.05) is 42.2 Å². The Morgan fingerprint density at radius 1 is 0.453 bits per heavy atom. The highest BCUT2D eigenvalue weighted by Crippen LogP contribution is 2.41. The molecular weight excluding hydrogens is 1260 g/mol. The van der Waals surface area contributed by atoms with Crippen molar-refractivity contribution in [2.24, 2.45) is 0 Å². The molecule has 2 N–H and O–H groups in total. The first-order chi connectivity index (χ1) is 46.4. The smallest absolute Gasteiger partial charge is 0.272 e. The van der Waals surface area contributed by atoms with Gasteiger partial charge >= 0.3 is 0 Å². The van der Waals surface area contributed by atoms with Crippen molar-refractivity contribution in [3.8, 4) is 60.5 Å². The molecule has 0 unspecified atom stereocenters. The van der Waals surface area contributed by atoms with Gasteiger partial charge < -0.3 is 53.9 Å². The zero-order valence-electron chi connectivity index (χ0n) is 54.7. The highest BCUT2D eigenvalue weighted by molar-refractivity contribution is 7.15. The lowest BCUT2D eigenvalue weighted by Crippen LogP contribution is -2.50. The Labute approximate surface area is 567 Å². The van der Waals surface area contributed by atoms with E-state index in [4.69, 9.17) is 33.9 Å². The summed E-state index contributed by atoms with van der Waals surface area (Å²) < 4.78 is 24.2. The molecular formula is C74H87N9O9S3. The number of anilines is 2. The number of hydrogen-bond acceptors (Lipinski definition) is 21. The molecule has 3 aliphatic carbocycles. The molecule has 21 heteroatoms. The van der Waals surface area contributed by atoms with E-state index in [1.165, 1.54) is 126 Å². The van der Waals surface area contributed by atoms with Gasteiger partial charge in [-0.3, -0.25) is 19.2 Å². The van der Waals surface area contributed by atoms with Crippen molar-refractivity contribution in [3.63, 3.8) is 0 Å². The quantitative estimate of drug-likeness (QED) is 0.0867. The van der Waals surface area contributed by atoms with Gasteiger partial charge in [0, 0.05) is 133 Å². The van der Waals surface area contributed by atoms with Crippen LogP contribution in [0.4, 0.5) is 11.4 Å². The lowest BCUT2D eigenvalue weighted by Gasteiger charge is -2.44. The van der Waals surface area contributed by atoms with Gasteiger partial charge in [-0.05, 0) is 164 Å². The molecule has 95 heavy (non-hydrogen) atoms. The maximum Gasteiger partial charge on any atom is 0.272 e. The molecule has 6 aliphatic heterocycles. The second kappa shape index (κ2) is 28.3. The maximum atomic E-state index is 12.3. The third-order valence-corrected chi connectivity index (χ3v) is 24.3. The van der Waals surface area contributed by atoms with Crippen molar-refractivity contribution in [1.29, 1.82) is 0 Å². The van der Waals surface area contributed by atoms with Crippen LogP contribution in [0.15, 0.2) is 92.0 Å². The molecule has 0 bridgehead atoms. The topological polar surface area (TPSA) is 192 Å². The summed E-state index contributed by atoms with van der Waals surface area (Å²) in [6.07, 6.45) is 22.5. The summed E-state index contributed by atoms with van der Waals surface area (Å²) >= 11 is 5.07. The number of ether oxygens (including phenoxy) is 4. The van der Waals surface area contributed by atoms with Crippen LogP contribution in [0.25, 0.3) is 31.7 Å². The Balaban J connectivity index is 0.000000119. The lowest BCUT2D eigenvalue weighted by atomic mass is 9.86. The Bertz CT molecular complexity index is 4070. The zero-order chi connectivity index (χ0) is 64.7. The second-order valence-electron chi connectivity index (χ2n) is 27.8. The highest BCUT2D eigenvalue weighted by atomic mass is 32.1. The van der Waals surface area contributed by atoms with Crippen LogP contribution in [0.5, 0.6) is 28.7 Å². The molecule has 0 spiro atoms. The van der Waals surface area contributed by atoms with Crippen LogP contribution in [0.3, 0.4) is 0 Å². The average molecular weight is 1340 g/mol. The van der Waals surface area contributed by atoms with Gasteiger partial charge in [0.15, 0.2) is 11.5 Å². The molecule has 0 amide bonds. The van der Waals surface area contributed by atoms with E-state index in [0.29, 0.717) is 68.7 Å².